The van der Waals surface area contributed by atoms with Crippen molar-refractivity contribution in [1.82, 2.24) is 0 Å². The van der Waals surface area contributed by atoms with Gasteiger partial charge < -0.3 is 0 Å². The summed E-state index contributed by atoms with van der Waals surface area (Å²) < 4.78 is 8.99. The Morgan fingerprint density at radius 2 is 1.35 bits per heavy atom. The summed E-state index contributed by atoms with van der Waals surface area (Å²) in [7, 11) is 0. The topological polar surface area (TPSA) is 13.1 Å². The minimum absolute atomic E-state index is 0.189. The molecule has 0 unspecified atom stereocenters. The standard InChI is InChI=1S/C24H16OSe/c1-2-10-20(11-3-1)26-24-21-12-6-7-13-22(21)25-23(24)19-15-14-17-8-4-5-9-18(17)16-19/h1-16H. The first-order valence-corrected chi connectivity index (χ1v) is 10.3. The van der Waals surface area contributed by atoms with Gasteiger partial charge in [-0.1, -0.05) is 0 Å². The molecular formula is C24H16OSe. The molecule has 0 spiro atoms. The van der Waals surface area contributed by atoms with Crippen LogP contribution in [0.5, 0.6) is 0 Å². The van der Waals surface area contributed by atoms with Gasteiger partial charge in [0.15, 0.2) is 0 Å². The molecule has 1 nitrogen and oxygen atoms in total. The van der Waals surface area contributed by atoms with Crippen molar-refractivity contribution in [2.75, 3.05) is 0 Å². The summed E-state index contributed by atoms with van der Waals surface area (Å²) in [5, 5.41) is 3.71. The first-order valence-electron chi connectivity index (χ1n) is 8.62. The molecule has 0 N–H and O–H groups in total. The molecule has 5 rings (SSSR count). The fourth-order valence-electron chi connectivity index (χ4n) is 3.25. The van der Waals surface area contributed by atoms with E-state index in [1.165, 1.54) is 25.1 Å². The number of hydrogen-bond acceptors (Lipinski definition) is 1. The first kappa shape index (κ1) is 15.5. The Labute approximate surface area is 158 Å². The summed E-state index contributed by atoms with van der Waals surface area (Å²) >= 11 is 0.189. The van der Waals surface area contributed by atoms with Gasteiger partial charge in [0.1, 0.15) is 0 Å². The van der Waals surface area contributed by atoms with E-state index in [0.29, 0.717) is 0 Å². The van der Waals surface area contributed by atoms with Crippen LogP contribution in [0.2, 0.25) is 0 Å². The number of para-hydroxylation sites is 1. The van der Waals surface area contributed by atoms with E-state index in [4.69, 9.17) is 4.42 Å². The minimum atomic E-state index is 0.189. The number of furan rings is 1. The summed E-state index contributed by atoms with van der Waals surface area (Å²) in [4.78, 5) is 0. The van der Waals surface area contributed by atoms with Crippen molar-refractivity contribution in [2.24, 2.45) is 0 Å². The molecule has 0 fully saturated rings. The third kappa shape index (κ3) is 2.74. The SMILES string of the molecule is c1ccc([Se]c2c(-c3ccc4ccccc4c3)oc3ccccc23)cc1. The molecule has 0 atom stereocenters. The van der Waals surface area contributed by atoms with Gasteiger partial charge in [-0.2, -0.15) is 0 Å². The second-order valence-corrected chi connectivity index (χ2v) is 8.51. The van der Waals surface area contributed by atoms with Crippen molar-refractivity contribution >= 4 is 45.6 Å². The van der Waals surface area contributed by atoms with Crippen molar-refractivity contribution in [2.45, 2.75) is 0 Å². The molecule has 1 heterocycles. The Balaban J connectivity index is 1.72. The van der Waals surface area contributed by atoms with Gasteiger partial charge in [0.2, 0.25) is 0 Å². The number of rotatable bonds is 3. The van der Waals surface area contributed by atoms with Crippen LogP contribution in [-0.4, -0.2) is 15.0 Å². The molecule has 0 aliphatic heterocycles. The Kier molecular flexibility index (Phi) is 3.86. The number of fused-ring (bicyclic) bond motifs is 2. The molecular weight excluding hydrogens is 383 g/mol. The van der Waals surface area contributed by atoms with E-state index in [0.717, 1.165) is 16.9 Å². The molecule has 1 aromatic heterocycles. The molecule has 2 heteroatoms. The van der Waals surface area contributed by atoms with Crippen LogP contribution in [0.1, 0.15) is 0 Å². The predicted molar refractivity (Wildman–Crippen MR) is 111 cm³/mol. The van der Waals surface area contributed by atoms with E-state index in [9.17, 15) is 0 Å². The molecule has 124 valence electrons. The van der Waals surface area contributed by atoms with Crippen LogP contribution in [0, 0.1) is 0 Å². The average molecular weight is 399 g/mol. The normalized spacial score (nSPS) is 11.2. The van der Waals surface area contributed by atoms with Crippen molar-refractivity contribution < 1.29 is 4.42 Å². The molecule has 0 aliphatic rings. The van der Waals surface area contributed by atoms with E-state index in [1.807, 2.05) is 6.07 Å². The zero-order valence-corrected chi connectivity index (χ0v) is 15.8. The fourth-order valence-corrected chi connectivity index (χ4v) is 5.47. The molecule has 0 bridgehead atoms. The van der Waals surface area contributed by atoms with Crippen molar-refractivity contribution in [1.29, 1.82) is 0 Å². The summed E-state index contributed by atoms with van der Waals surface area (Å²) in [6, 6.07) is 34.1. The van der Waals surface area contributed by atoms with Gasteiger partial charge >= 0.3 is 158 Å². The fraction of sp³-hybridized carbons (Fsp3) is 0. The molecule has 0 saturated heterocycles. The van der Waals surface area contributed by atoms with Gasteiger partial charge in [-0.3, -0.25) is 0 Å². The van der Waals surface area contributed by atoms with Crippen LogP contribution in [0.15, 0.2) is 101 Å². The molecule has 0 radical (unpaired) electrons. The van der Waals surface area contributed by atoms with E-state index in [2.05, 4.69) is 91.0 Å². The molecule has 26 heavy (non-hydrogen) atoms. The van der Waals surface area contributed by atoms with Gasteiger partial charge in [0, 0.05) is 0 Å². The Bertz CT molecular complexity index is 1200. The number of hydrogen-bond donors (Lipinski definition) is 0. The molecule has 0 aliphatic carbocycles. The van der Waals surface area contributed by atoms with E-state index < -0.39 is 0 Å². The zero-order valence-electron chi connectivity index (χ0n) is 14.1. The zero-order chi connectivity index (χ0) is 17.3. The monoisotopic (exact) mass is 400 g/mol. The molecule has 0 amide bonds. The summed E-state index contributed by atoms with van der Waals surface area (Å²) in [5.74, 6) is 1.00. The quantitative estimate of drug-likeness (QED) is 0.393. The maximum absolute atomic E-state index is 6.32. The van der Waals surface area contributed by atoms with Crippen molar-refractivity contribution in [3.05, 3.63) is 97.1 Å². The van der Waals surface area contributed by atoms with E-state index in [1.54, 1.807) is 0 Å². The van der Waals surface area contributed by atoms with Crippen LogP contribution in [0.25, 0.3) is 33.1 Å². The Morgan fingerprint density at radius 3 is 2.23 bits per heavy atom. The summed E-state index contributed by atoms with van der Waals surface area (Å²) in [5.41, 5.74) is 2.11. The predicted octanol–water partition coefficient (Wildman–Crippen LogP) is 4.91. The third-order valence-electron chi connectivity index (χ3n) is 4.52. The molecule has 5 aromatic rings. The van der Waals surface area contributed by atoms with Crippen LogP contribution in [-0.2, 0) is 0 Å². The molecule has 0 saturated carbocycles. The Morgan fingerprint density at radius 1 is 0.615 bits per heavy atom. The van der Waals surface area contributed by atoms with Crippen LogP contribution >= 0.6 is 0 Å². The first-order chi connectivity index (χ1) is 12.9. The summed E-state index contributed by atoms with van der Waals surface area (Å²) in [6.07, 6.45) is 0. The van der Waals surface area contributed by atoms with Crippen molar-refractivity contribution in [3.63, 3.8) is 0 Å². The van der Waals surface area contributed by atoms with E-state index >= 15 is 0 Å². The van der Waals surface area contributed by atoms with Gasteiger partial charge in [-0.15, -0.1) is 0 Å². The third-order valence-corrected chi connectivity index (χ3v) is 6.87. The second kappa shape index (κ2) is 6.49. The van der Waals surface area contributed by atoms with Gasteiger partial charge in [0.05, 0.1) is 0 Å². The number of benzene rings is 4. The molecule has 4 aromatic carbocycles. The van der Waals surface area contributed by atoms with Crippen molar-refractivity contribution in [3.8, 4) is 11.3 Å². The second-order valence-electron chi connectivity index (χ2n) is 6.23. The average Bonchev–Trinajstić information content (AvgIpc) is 3.07. The van der Waals surface area contributed by atoms with Gasteiger partial charge in [-0.25, -0.2) is 0 Å². The summed E-state index contributed by atoms with van der Waals surface area (Å²) in [6.45, 7) is 0. The van der Waals surface area contributed by atoms with E-state index in [-0.39, 0.29) is 15.0 Å². The van der Waals surface area contributed by atoms with Gasteiger partial charge in [0.25, 0.3) is 0 Å². The van der Waals surface area contributed by atoms with Crippen LogP contribution < -0.4 is 8.92 Å². The van der Waals surface area contributed by atoms with Crippen LogP contribution in [0.4, 0.5) is 0 Å². The van der Waals surface area contributed by atoms with Crippen LogP contribution in [0.3, 0.4) is 0 Å². The van der Waals surface area contributed by atoms with Gasteiger partial charge in [-0.05, 0) is 0 Å². The Hall–Kier alpha value is -2.80. The maximum atomic E-state index is 6.32.